The van der Waals surface area contributed by atoms with Crippen molar-refractivity contribution in [1.29, 1.82) is 0 Å². The molecule has 1 aliphatic rings. The Morgan fingerprint density at radius 2 is 2.22 bits per heavy atom. The van der Waals surface area contributed by atoms with Crippen molar-refractivity contribution < 1.29 is 4.79 Å². The Bertz CT molecular complexity index is 838. The van der Waals surface area contributed by atoms with Crippen LogP contribution in [0.3, 0.4) is 0 Å². The van der Waals surface area contributed by atoms with Gasteiger partial charge in [-0.25, -0.2) is 4.98 Å². The molecule has 0 radical (unpaired) electrons. The average molecular weight is 370 g/mol. The van der Waals surface area contributed by atoms with Gasteiger partial charge >= 0.3 is 0 Å². The third-order valence-corrected chi connectivity index (χ3v) is 5.09. The second kappa shape index (κ2) is 6.55. The fraction of sp³-hybridized carbons (Fsp3) is 0.267. The number of hydrogen-bond acceptors (Lipinski definition) is 4. The van der Waals surface area contributed by atoms with Crippen LogP contribution in [0, 0.1) is 6.92 Å². The van der Waals surface area contributed by atoms with Crippen LogP contribution in [-0.2, 0) is 4.79 Å². The molecule has 0 bridgehead atoms. The van der Waals surface area contributed by atoms with Gasteiger partial charge in [0.25, 0.3) is 5.56 Å². The summed E-state index contributed by atoms with van der Waals surface area (Å²) in [6, 6.07) is 6.15. The first-order valence-electron chi connectivity index (χ1n) is 6.92. The van der Waals surface area contributed by atoms with Crippen LogP contribution in [0.5, 0.6) is 0 Å². The predicted octanol–water partition coefficient (Wildman–Crippen LogP) is 3.53. The lowest BCUT2D eigenvalue weighted by atomic mass is 10.2. The summed E-state index contributed by atoms with van der Waals surface area (Å²) < 4.78 is 1.58. The molecular weight excluding hydrogens is 357 g/mol. The number of carbonyl (C=O) groups excluding carboxylic acids is 1. The Hall–Kier alpha value is -1.50. The topological polar surface area (TPSA) is 64.0 Å². The van der Waals surface area contributed by atoms with Crippen molar-refractivity contribution in [3.63, 3.8) is 0 Å². The van der Waals surface area contributed by atoms with Gasteiger partial charge in [0, 0.05) is 29.0 Å². The third-order valence-electron chi connectivity index (χ3n) is 3.44. The molecule has 3 rings (SSSR count). The molecule has 5 nitrogen and oxygen atoms in total. The van der Waals surface area contributed by atoms with E-state index >= 15 is 0 Å². The van der Waals surface area contributed by atoms with E-state index in [2.05, 4.69) is 10.3 Å². The Morgan fingerprint density at radius 3 is 2.96 bits per heavy atom. The summed E-state index contributed by atoms with van der Waals surface area (Å²) in [6.07, 6.45) is 0.184. The number of amides is 1. The molecule has 0 saturated heterocycles. The van der Waals surface area contributed by atoms with Crippen molar-refractivity contribution in [3.05, 3.63) is 50.4 Å². The molecule has 1 atom stereocenters. The summed E-state index contributed by atoms with van der Waals surface area (Å²) in [5, 5.41) is 4.29. The van der Waals surface area contributed by atoms with E-state index in [0.29, 0.717) is 32.3 Å². The highest BCUT2D eigenvalue weighted by Crippen LogP contribution is 2.32. The minimum Gasteiger partial charge on any atom is -0.325 e. The molecule has 2 heterocycles. The molecular formula is C15H13Cl2N3O2S. The van der Waals surface area contributed by atoms with E-state index in [0.717, 1.165) is 0 Å². The Balaban J connectivity index is 1.74. The fourth-order valence-corrected chi connectivity index (χ4v) is 4.07. The largest absolute Gasteiger partial charge is 0.325 e. The Labute approximate surface area is 147 Å². The van der Waals surface area contributed by atoms with Gasteiger partial charge in [0.15, 0.2) is 5.16 Å². The van der Waals surface area contributed by atoms with Gasteiger partial charge in [-0.3, -0.25) is 14.2 Å². The average Bonchev–Trinajstić information content (AvgIpc) is 2.85. The van der Waals surface area contributed by atoms with Gasteiger partial charge in [0.1, 0.15) is 0 Å². The van der Waals surface area contributed by atoms with Crippen molar-refractivity contribution in [2.24, 2.45) is 0 Å². The quantitative estimate of drug-likeness (QED) is 0.840. The summed E-state index contributed by atoms with van der Waals surface area (Å²) in [4.78, 5) is 28.7. The zero-order valence-electron chi connectivity index (χ0n) is 12.2. The van der Waals surface area contributed by atoms with Crippen molar-refractivity contribution in [2.45, 2.75) is 24.5 Å². The highest BCUT2D eigenvalue weighted by molar-refractivity contribution is 7.99. The standard InChI is InChI=1S/C15H13Cl2N3O2S/c1-8-4-14(22)20-10(7-23-15(20)18-8)6-13(21)19-12-3-2-9(16)5-11(12)17/h2-5,10H,6-7H2,1H3,(H,19,21). The molecule has 2 aromatic rings. The number of halogens is 2. The predicted molar refractivity (Wildman–Crippen MR) is 92.7 cm³/mol. The number of aromatic nitrogens is 2. The zero-order chi connectivity index (χ0) is 16.6. The molecule has 0 spiro atoms. The Morgan fingerprint density at radius 1 is 1.43 bits per heavy atom. The number of carbonyl (C=O) groups is 1. The molecule has 1 aliphatic heterocycles. The summed E-state index contributed by atoms with van der Waals surface area (Å²) >= 11 is 13.4. The van der Waals surface area contributed by atoms with Crippen LogP contribution in [0.2, 0.25) is 10.0 Å². The summed E-state index contributed by atoms with van der Waals surface area (Å²) in [5.74, 6) is 0.438. The van der Waals surface area contributed by atoms with E-state index in [4.69, 9.17) is 23.2 Å². The number of rotatable bonds is 3. The lowest BCUT2D eigenvalue weighted by Crippen LogP contribution is -2.27. The van der Waals surface area contributed by atoms with E-state index < -0.39 is 0 Å². The van der Waals surface area contributed by atoms with E-state index in [1.807, 2.05) is 0 Å². The number of benzene rings is 1. The summed E-state index contributed by atoms with van der Waals surface area (Å²) in [5.41, 5.74) is 1.06. The van der Waals surface area contributed by atoms with Crippen LogP contribution in [0.25, 0.3) is 0 Å². The highest BCUT2D eigenvalue weighted by atomic mass is 35.5. The van der Waals surface area contributed by atoms with Crippen LogP contribution in [0.1, 0.15) is 18.2 Å². The maximum atomic E-state index is 12.2. The van der Waals surface area contributed by atoms with E-state index in [1.54, 1.807) is 29.7 Å². The summed E-state index contributed by atoms with van der Waals surface area (Å²) in [7, 11) is 0. The van der Waals surface area contributed by atoms with Gasteiger partial charge in [0.05, 0.1) is 16.8 Å². The molecule has 1 aromatic carbocycles. The first kappa shape index (κ1) is 16.4. The molecule has 0 saturated carbocycles. The smallest absolute Gasteiger partial charge is 0.254 e. The number of hydrogen-bond donors (Lipinski definition) is 1. The number of nitrogens with one attached hydrogen (secondary N) is 1. The van der Waals surface area contributed by atoms with Gasteiger partial charge < -0.3 is 5.32 Å². The Kier molecular flexibility index (Phi) is 4.66. The van der Waals surface area contributed by atoms with Crippen LogP contribution in [-0.4, -0.2) is 21.2 Å². The van der Waals surface area contributed by atoms with E-state index in [9.17, 15) is 9.59 Å². The number of fused-ring (bicyclic) bond motifs is 1. The first-order valence-corrected chi connectivity index (χ1v) is 8.66. The molecule has 1 unspecified atom stereocenters. The third kappa shape index (κ3) is 3.54. The second-order valence-electron chi connectivity index (χ2n) is 5.23. The molecule has 1 aromatic heterocycles. The van der Waals surface area contributed by atoms with Gasteiger partial charge in [-0.15, -0.1) is 0 Å². The number of anilines is 1. The highest BCUT2D eigenvalue weighted by Gasteiger charge is 2.27. The molecule has 1 N–H and O–H groups in total. The van der Waals surface area contributed by atoms with Crippen molar-refractivity contribution in [2.75, 3.05) is 11.1 Å². The zero-order valence-corrected chi connectivity index (χ0v) is 14.5. The lowest BCUT2D eigenvalue weighted by molar-refractivity contribution is -0.116. The maximum absolute atomic E-state index is 12.2. The van der Waals surface area contributed by atoms with Crippen molar-refractivity contribution >= 4 is 46.6 Å². The van der Waals surface area contributed by atoms with Crippen molar-refractivity contribution in [1.82, 2.24) is 9.55 Å². The lowest BCUT2D eigenvalue weighted by Gasteiger charge is -2.14. The van der Waals surface area contributed by atoms with Crippen molar-refractivity contribution in [3.8, 4) is 0 Å². The van der Waals surface area contributed by atoms with Crippen LogP contribution < -0.4 is 10.9 Å². The minimum absolute atomic E-state index is 0.125. The van der Waals surface area contributed by atoms with E-state index in [-0.39, 0.29) is 23.9 Å². The monoisotopic (exact) mass is 369 g/mol. The minimum atomic E-state index is -0.208. The van der Waals surface area contributed by atoms with Gasteiger partial charge in [0.2, 0.25) is 5.91 Å². The summed E-state index contributed by atoms with van der Waals surface area (Å²) in [6.45, 7) is 1.78. The number of nitrogens with zero attached hydrogens (tertiary/aromatic N) is 2. The molecule has 8 heteroatoms. The van der Waals surface area contributed by atoms with Crippen LogP contribution in [0.15, 0.2) is 34.2 Å². The molecule has 0 aliphatic carbocycles. The molecule has 0 fully saturated rings. The van der Waals surface area contributed by atoms with Crippen LogP contribution >= 0.6 is 35.0 Å². The SMILES string of the molecule is Cc1cc(=O)n2c(n1)SCC2CC(=O)Nc1ccc(Cl)cc1Cl. The van der Waals surface area contributed by atoms with E-state index in [1.165, 1.54) is 17.8 Å². The first-order chi connectivity index (χ1) is 10.9. The van der Waals surface area contributed by atoms with Gasteiger partial charge in [-0.2, -0.15) is 0 Å². The molecule has 1 amide bonds. The van der Waals surface area contributed by atoms with Gasteiger partial charge in [-0.1, -0.05) is 35.0 Å². The maximum Gasteiger partial charge on any atom is 0.254 e. The second-order valence-corrected chi connectivity index (χ2v) is 7.06. The molecule has 120 valence electrons. The van der Waals surface area contributed by atoms with Gasteiger partial charge in [-0.05, 0) is 25.1 Å². The molecule has 23 heavy (non-hydrogen) atoms. The normalized spacial score (nSPS) is 16.2. The van der Waals surface area contributed by atoms with Crippen LogP contribution in [0.4, 0.5) is 5.69 Å². The fourth-order valence-electron chi connectivity index (χ4n) is 2.42. The number of aryl methyl sites for hydroxylation is 1. The number of thioether (sulfide) groups is 1.